The van der Waals surface area contributed by atoms with Crippen molar-refractivity contribution >= 4 is 17.3 Å². The second-order valence-electron chi connectivity index (χ2n) is 4.31. The largest absolute Gasteiger partial charge is 0.382 e. The number of hydrogen-bond acceptors (Lipinski definition) is 4. The number of nitrogens with zero attached hydrogens (tertiary/aromatic N) is 2. The van der Waals surface area contributed by atoms with E-state index in [9.17, 15) is 4.79 Å². The predicted octanol–water partition coefficient (Wildman–Crippen LogP) is 1.27. The molecule has 2 unspecified atom stereocenters. The molecule has 94 valence electrons. The number of halogens is 1. The number of anilines is 1. The quantitative estimate of drug-likeness (QED) is 0.886. The zero-order chi connectivity index (χ0) is 12.4. The zero-order valence-electron chi connectivity index (χ0n) is 9.94. The van der Waals surface area contributed by atoms with Gasteiger partial charge in [-0.1, -0.05) is 11.6 Å². The molecule has 0 saturated carbocycles. The maximum atomic E-state index is 11.6. The third kappa shape index (κ3) is 2.61. The van der Waals surface area contributed by atoms with Crippen molar-refractivity contribution in [2.45, 2.75) is 19.4 Å². The van der Waals surface area contributed by atoms with Crippen LogP contribution in [0, 0.1) is 5.92 Å². The molecule has 2 atom stereocenters. The lowest BCUT2D eigenvalue weighted by Crippen LogP contribution is -2.24. The minimum Gasteiger partial charge on any atom is -0.382 e. The number of aryl methyl sites for hydroxylation is 1. The SMILES string of the molecule is CC1OCCC1CNc1cnn(C)c(=O)c1Cl. The van der Waals surface area contributed by atoms with E-state index in [0.29, 0.717) is 11.6 Å². The highest BCUT2D eigenvalue weighted by Gasteiger charge is 2.24. The van der Waals surface area contributed by atoms with E-state index >= 15 is 0 Å². The minimum absolute atomic E-state index is 0.189. The summed E-state index contributed by atoms with van der Waals surface area (Å²) in [5.74, 6) is 0.454. The molecule has 1 fully saturated rings. The van der Waals surface area contributed by atoms with Gasteiger partial charge in [0.2, 0.25) is 0 Å². The molecule has 1 aliphatic heterocycles. The van der Waals surface area contributed by atoms with Gasteiger partial charge in [0.15, 0.2) is 0 Å². The molecule has 0 radical (unpaired) electrons. The molecule has 0 aliphatic carbocycles. The van der Waals surface area contributed by atoms with E-state index in [2.05, 4.69) is 17.3 Å². The maximum Gasteiger partial charge on any atom is 0.287 e. The number of aromatic nitrogens is 2. The monoisotopic (exact) mass is 257 g/mol. The van der Waals surface area contributed by atoms with E-state index in [0.717, 1.165) is 19.6 Å². The predicted molar refractivity (Wildman–Crippen MR) is 66.5 cm³/mol. The molecule has 2 heterocycles. The van der Waals surface area contributed by atoms with Crippen LogP contribution in [0.2, 0.25) is 5.02 Å². The first-order valence-electron chi connectivity index (χ1n) is 5.67. The zero-order valence-corrected chi connectivity index (χ0v) is 10.7. The van der Waals surface area contributed by atoms with Crippen LogP contribution in [0.1, 0.15) is 13.3 Å². The van der Waals surface area contributed by atoms with Crippen LogP contribution in [0.3, 0.4) is 0 Å². The minimum atomic E-state index is -0.285. The maximum absolute atomic E-state index is 11.6. The van der Waals surface area contributed by atoms with Gasteiger partial charge in [-0.25, -0.2) is 4.68 Å². The Morgan fingerprint density at radius 1 is 1.71 bits per heavy atom. The van der Waals surface area contributed by atoms with Gasteiger partial charge < -0.3 is 10.1 Å². The van der Waals surface area contributed by atoms with Gasteiger partial charge in [-0.15, -0.1) is 0 Å². The average molecular weight is 258 g/mol. The van der Waals surface area contributed by atoms with Crippen LogP contribution in [-0.2, 0) is 11.8 Å². The van der Waals surface area contributed by atoms with Gasteiger partial charge in [-0.2, -0.15) is 5.10 Å². The summed E-state index contributed by atoms with van der Waals surface area (Å²) in [6.07, 6.45) is 2.86. The van der Waals surface area contributed by atoms with Crippen LogP contribution in [0.5, 0.6) is 0 Å². The summed E-state index contributed by atoms with van der Waals surface area (Å²) in [5.41, 5.74) is 0.307. The van der Waals surface area contributed by atoms with Gasteiger partial charge in [0, 0.05) is 26.1 Å². The molecule has 0 spiro atoms. The molecular formula is C11H16ClN3O2. The Labute approximate surface area is 105 Å². The molecule has 2 rings (SSSR count). The third-order valence-corrected chi connectivity index (χ3v) is 3.53. The van der Waals surface area contributed by atoms with E-state index in [1.807, 2.05) is 0 Å². The van der Waals surface area contributed by atoms with E-state index < -0.39 is 0 Å². The summed E-state index contributed by atoms with van der Waals surface area (Å²) in [6.45, 7) is 3.61. The van der Waals surface area contributed by atoms with E-state index in [1.165, 1.54) is 4.68 Å². The van der Waals surface area contributed by atoms with Crippen molar-refractivity contribution in [2.24, 2.45) is 13.0 Å². The van der Waals surface area contributed by atoms with Crippen LogP contribution in [0.15, 0.2) is 11.0 Å². The first-order valence-corrected chi connectivity index (χ1v) is 6.04. The van der Waals surface area contributed by atoms with Crippen LogP contribution >= 0.6 is 11.6 Å². The fraction of sp³-hybridized carbons (Fsp3) is 0.636. The first-order chi connectivity index (χ1) is 8.09. The highest BCUT2D eigenvalue weighted by molar-refractivity contribution is 6.32. The molecular weight excluding hydrogens is 242 g/mol. The van der Waals surface area contributed by atoms with Crippen molar-refractivity contribution in [1.29, 1.82) is 0 Å². The van der Waals surface area contributed by atoms with Crippen LogP contribution in [-0.4, -0.2) is 29.0 Å². The average Bonchev–Trinajstić information content (AvgIpc) is 2.71. The van der Waals surface area contributed by atoms with Crippen molar-refractivity contribution in [3.05, 3.63) is 21.6 Å². The van der Waals surface area contributed by atoms with Gasteiger partial charge in [0.05, 0.1) is 18.0 Å². The molecule has 6 heteroatoms. The fourth-order valence-electron chi connectivity index (χ4n) is 1.92. The van der Waals surface area contributed by atoms with E-state index in [-0.39, 0.29) is 16.7 Å². The van der Waals surface area contributed by atoms with Crippen molar-refractivity contribution in [3.8, 4) is 0 Å². The van der Waals surface area contributed by atoms with Crippen molar-refractivity contribution in [2.75, 3.05) is 18.5 Å². The van der Waals surface area contributed by atoms with Crippen LogP contribution in [0.25, 0.3) is 0 Å². The smallest absolute Gasteiger partial charge is 0.287 e. The summed E-state index contributed by atoms with van der Waals surface area (Å²) in [5, 5.41) is 7.28. The van der Waals surface area contributed by atoms with Gasteiger partial charge in [0.25, 0.3) is 5.56 Å². The Kier molecular flexibility index (Phi) is 3.69. The van der Waals surface area contributed by atoms with Crippen molar-refractivity contribution < 1.29 is 4.74 Å². The molecule has 5 nitrogen and oxygen atoms in total. The van der Waals surface area contributed by atoms with Gasteiger partial charge in [-0.05, 0) is 13.3 Å². The third-order valence-electron chi connectivity index (χ3n) is 3.17. The molecule has 1 N–H and O–H groups in total. The summed E-state index contributed by atoms with van der Waals surface area (Å²) in [6, 6.07) is 0. The molecule has 17 heavy (non-hydrogen) atoms. The second-order valence-corrected chi connectivity index (χ2v) is 4.68. The van der Waals surface area contributed by atoms with Crippen molar-refractivity contribution in [3.63, 3.8) is 0 Å². The molecule has 0 amide bonds. The number of nitrogens with one attached hydrogen (secondary N) is 1. The molecule has 1 aliphatic rings. The van der Waals surface area contributed by atoms with E-state index in [4.69, 9.17) is 16.3 Å². The van der Waals surface area contributed by atoms with Gasteiger partial charge in [0.1, 0.15) is 5.02 Å². The highest BCUT2D eigenvalue weighted by Crippen LogP contribution is 2.22. The van der Waals surface area contributed by atoms with Crippen LogP contribution < -0.4 is 10.9 Å². The summed E-state index contributed by atoms with van der Waals surface area (Å²) in [4.78, 5) is 11.6. The molecule has 0 bridgehead atoms. The topological polar surface area (TPSA) is 56.1 Å². The Balaban J connectivity index is 2.04. The molecule has 1 aromatic rings. The lowest BCUT2D eigenvalue weighted by atomic mass is 10.0. The lowest BCUT2D eigenvalue weighted by molar-refractivity contribution is 0.108. The Hall–Kier alpha value is -1.07. The summed E-state index contributed by atoms with van der Waals surface area (Å²) >= 11 is 5.95. The number of rotatable bonds is 3. The highest BCUT2D eigenvalue weighted by atomic mass is 35.5. The molecule has 0 aromatic carbocycles. The first kappa shape index (κ1) is 12.4. The second kappa shape index (κ2) is 5.06. The van der Waals surface area contributed by atoms with Crippen LogP contribution in [0.4, 0.5) is 5.69 Å². The Bertz CT molecular complexity index is 461. The van der Waals surface area contributed by atoms with Gasteiger partial charge in [-0.3, -0.25) is 4.79 Å². The normalized spacial score (nSPS) is 23.9. The fourth-order valence-corrected chi connectivity index (χ4v) is 2.16. The standard InChI is InChI=1S/C11H16ClN3O2/c1-7-8(3-4-17-7)5-13-9-6-14-15(2)11(16)10(9)12/h6-8,13H,3-5H2,1-2H3. The van der Waals surface area contributed by atoms with Gasteiger partial charge >= 0.3 is 0 Å². The molecule has 1 aromatic heterocycles. The Morgan fingerprint density at radius 2 is 2.47 bits per heavy atom. The molecule has 1 saturated heterocycles. The Morgan fingerprint density at radius 3 is 3.12 bits per heavy atom. The summed E-state index contributed by atoms with van der Waals surface area (Å²) < 4.78 is 6.69. The lowest BCUT2D eigenvalue weighted by Gasteiger charge is -2.16. The van der Waals surface area contributed by atoms with Crippen molar-refractivity contribution in [1.82, 2.24) is 9.78 Å². The number of hydrogen-bond donors (Lipinski definition) is 1. The van der Waals surface area contributed by atoms with E-state index in [1.54, 1.807) is 13.2 Å². The number of ether oxygens (including phenoxy) is 1. The summed E-state index contributed by atoms with van der Waals surface area (Å²) in [7, 11) is 1.57.